The Morgan fingerprint density at radius 2 is 1.85 bits per heavy atom. The van der Waals surface area contributed by atoms with Crippen LogP contribution in [0.1, 0.15) is 44.2 Å². The molecular formula is C27H35NO5S. The molecule has 1 fully saturated rings. The third-order valence-corrected chi connectivity index (χ3v) is 6.16. The van der Waals surface area contributed by atoms with Gasteiger partial charge in [-0.05, 0) is 68.8 Å². The maximum Gasteiger partial charge on any atom is 0.528 e. The number of thioether (sulfide) groups is 1. The maximum absolute atomic E-state index is 12.2. The number of hydrogen-bond donors (Lipinski definition) is 0. The molecule has 1 saturated heterocycles. The van der Waals surface area contributed by atoms with Crippen molar-refractivity contribution < 1.29 is 23.8 Å². The fourth-order valence-corrected chi connectivity index (χ4v) is 4.19. The second-order valence-corrected chi connectivity index (χ2v) is 10.1. The van der Waals surface area contributed by atoms with Gasteiger partial charge >= 0.3 is 6.16 Å². The van der Waals surface area contributed by atoms with Gasteiger partial charge in [0.15, 0.2) is 0 Å². The van der Waals surface area contributed by atoms with Crippen LogP contribution in [0.2, 0.25) is 0 Å². The van der Waals surface area contributed by atoms with Crippen LogP contribution in [0, 0.1) is 0 Å². The largest absolute Gasteiger partial charge is 0.528 e. The fourth-order valence-electron chi connectivity index (χ4n) is 3.79. The molecule has 0 radical (unpaired) electrons. The minimum absolute atomic E-state index is 0.156. The number of benzene rings is 2. The molecule has 3 rings (SSSR count). The number of carbonyl (C=O) groups is 1. The van der Waals surface area contributed by atoms with Crippen molar-refractivity contribution in [3.8, 4) is 5.75 Å². The summed E-state index contributed by atoms with van der Waals surface area (Å²) in [4.78, 5) is 18.9. The van der Waals surface area contributed by atoms with E-state index in [4.69, 9.17) is 19.0 Å². The van der Waals surface area contributed by atoms with Gasteiger partial charge in [0.2, 0.25) is 0 Å². The number of rotatable bonds is 9. The molecule has 184 valence electrons. The first-order chi connectivity index (χ1) is 16.3. The van der Waals surface area contributed by atoms with Crippen LogP contribution in [-0.2, 0) is 20.9 Å². The highest BCUT2D eigenvalue weighted by atomic mass is 32.2. The molecule has 0 amide bonds. The molecule has 0 bridgehead atoms. The van der Waals surface area contributed by atoms with E-state index in [0.717, 1.165) is 17.7 Å². The summed E-state index contributed by atoms with van der Waals surface area (Å²) < 4.78 is 17.3. The SMILES string of the molecule is C=CCOc1ccc(C2CCN(OC(=O)OC(C)(C)C)CC2OCc2ccc(SC)cc2)cc1. The summed E-state index contributed by atoms with van der Waals surface area (Å²) in [5.41, 5.74) is 1.67. The highest BCUT2D eigenvalue weighted by molar-refractivity contribution is 7.98. The standard InChI is InChI=1S/C27H35NO5S/c1-6-17-30-22-11-9-21(10-12-22)24-15-16-28(33-26(29)32-27(2,3)4)18-25(24)31-19-20-7-13-23(34-5)14-8-20/h6-14,24-25H,1,15-19H2,2-5H3. The van der Waals surface area contributed by atoms with Gasteiger partial charge in [-0.25, -0.2) is 4.79 Å². The van der Waals surface area contributed by atoms with Crippen LogP contribution in [-0.4, -0.2) is 48.9 Å². The minimum Gasteiger partial charge on any atom is -0.490 e. The molecule has 7 heteroatoms. The smallest absolute Gasteiger partial charge is 0.490 e. The van der Waals surface area contributed by atoms with Gasteiger partial charge in [0.1, 0.15) is 18.0 Å². The molecular weight excluding hydrogens is 450 g/mol. The number of ether oxygens (including phenoxy) is 3. The van der Waals surface area contributed by atoms with Crippen LogP contribution in [0.25, 0.3) is 0 Å². The highest BCUT2D eigenvalue weighted by Gasteiger charge is 2.34. The molecule has 0 N–H and O–H groups in total. The molecule has 0 aromatic heterocycles. The topological polar surface area (TPSA) is 57.2 Å². The summed E-state index contributed by atoms with van der Waals surface area (Å²) >= 11 is 1.71. The fraction of sp³-hybridized carbons (Fsp3) is 0.444. The van der Waals surface area contributed by atoms with Gasteiger partial charge < -0.3 is 19.0 Å². The quantitative estimate of drug-likeness (QED) is 0.238. The molecule has 2 unspecified atom stereocenters. The monoisotopic (exact) mass is 485 g/mol. The van der Waals surface area contributed by atoms with Gasteiger partial charge in [-0.15, -0.1) is 16.8 Å². The summed E-state index contributed by atoms with van der Waals surface area (Å²) in [5.74, 6) is 0.970. The van der Waals surface area contributed by atoms with Crippen molar-refractivity contribution in [2.75, 3.05) is 26.0 Å². The summed E-state index contributed by atoms with van der Waals surface area (Å²) in [6.45, 7) is 11.2. The van der Waals surface area contributed by atoms with Gasteiger partial charge in [0.25, 0.3) is 0 Å². The van der Waals surface area contributed by atoms with Crippen molar-refractivity contribution in [2.24, 2.45) is 0 Å². The molecule has 2 aromatic rings. The maximum atomic E-state index is 12.2. The predicted octanol–water partition coefficient (Wildman–Crippen LogP) is 6.21. The number of carbonyl (C=O) groups excluding carboxylic acids is 1. The van der Waals surface area contributed by atoms with E-state index in [9.17, 15) is 4.79 Å². The lowest BCUT2D eigenvalue weighted by Crippen LogP contribution is -2.45. The minimum atomic E-state index is -0.693. The average Bonchev–Trinajstić information content (AvgIpc) is 2.81. The van der Waals surface area contributed by atoms with E-state index in [1.54, 1.807) is 22.9 Å². The Labute approximate surface area is 207 Å². The normalized spacial score (nSPS) is 18.8. The number of piperidine rings is 1. The van der Waals surface area contributed by atoms with Crippen LogP contribution >= 0.6 is 11.8 Å². The molecule has 2 aromatic carbocycles. The van der Waals surface area contributed by atoms with Gasteiger partial charge in [0.05, 0.1) is 19.3 Å². The number of hydrogen-bond acceptors (Lipinski definition) is 7. The Balaban J connectivity index is 1.70. The average molecular weight is 486 g/mol. The highest BCUT2D eigenvalue weighted by Crippen LogP contribution is 2.32. The lowest BCUT2D eigenvalue weighted by molar-refractivity contribution is -0.179. The van der Waals surface area contributed by atoms with Crippen LogP contribution in [0.15, 0.2) is 66.1 Å². The van der Waals surface area contributed by atoms with Crippen molar-refractivity contribution in [2.45, 2.75) is 56.3 Å². The summed E-state index contributed by atoms with van der Waals surface area (Å²) in [7, 11) is 0. The Bertz CT molecular complexity index is 924. The van der Waals surface area contributed by atoms with Crippen molar-refractivity contribution in [1.29, 1.82) is 0 Å². The number of hydroxylamine groups is 2. The van der Waals surface area contributed by atoms with Crippen molar-refractivity contribution in [3.63, 3.8) is 0 Å². The molecule has 34 heavy (non-hydrogen) atoms. The third kappa shape index (κ3) is 8.08. The first kappa shape index (κ1) is 26.1. The Hall–Kier alpha value is -2.48. The van der Waals surface area contributed by atoms with E-state index >= 15 is 0 Å². The van der Waals surface area contributed by atoms with Crippen molar-refractivity contribution >= 4 is 17.9 Å². The van der Waals surface area contributed by atoms with Crippen LogP contribution in [0.4, 0.5) is 4.79 Å². The van der Waals surface area contributed by atoms with Gasteiger partial charge in [-0.2, -0.15) is 0 Å². The van der Waals surface area contributed by atoms with E-state index < -0.39 is 11.8 Å². The molecule has 0 aliphatic carbocycles. The van der Waals surface area contributed by atoms with E-state index in [1.807, 2.05) is 32.9 Å². The molecule has 2 atom stereocenters. The molecule has 1 aliphatic rings. The Morgan fingerprint density at radius 3 is 2.47 bits per heavy atom. The first-order valence-corrected chi connectivity index (χ1v) is 12.7. The zero-order valence-corrected chi connectivity index (χ0v) is 21.3. The summed E-state index contributed by atoms with van der Waals surface area (Å²) in [6.07, 6.45) is 3.72. The molecule has 0 saturated carbocycles. The van der Waals surface area contributed by atoms with Crippen LogP contribution < -0.4 is 4.74 Å². The zero-order valence-electron chi connectivity index (χ0n) is 20.5. The molecule has 1 aliphatic heterocycles. The second kappa shape index (κ2) is 12.3. The van der Waals surface area contributed by atoms with Crippen molar-refractivity contribution in [1.82, 2.24) is 5.06 Å². The van der Waals surface area contributed by atoms with Crippen LogP contribution in [0.3, 0.4) is 0 Å². The summed E-state index contributed by atoms with van der Waals surface area (Å²) in [6, 6.07) is 16.5. The predicted molar refractivity (Wildman–Crippen MR) is 135 cm³/mol. The van der Waals surface area contributed by atoms with Gasteiger partial charge in [-0.1, -0.05) is 36.9 Å². The van der Waals surface area contributed by atoms with Gasteiger partial charge in [0, 0.05) is 17.4 Å². The third-order valence-electron chi connectivity index (χ3n) is 5.41. The molecule has 0 spiro atoms. The van der Waals surface area contributed by atoms with E-state index in [1.165, 1.54) is 10.5 Å². The Morgan fingerprint density at radius 1 is 1.15 bits per heavy atom. The van der Waals surface area contributed by atoms with E-state index in [2.05, 4.69) is 49.2 Å². The number of nitrogens with zero attached hydrogens (tertiary/aromatic N) is 1. The first-order valence-electron chi connectivity index (χ1n) is 11.5. The van der Waals surface area contributed by atoms with E-state index in [0.29, 0.717) is 26.3 Å². The lowest BCUT2D eigenvalue weighted by atomic mass is 9.87. The second-order valence-electron chi connectivity index (χ2n) is 9.21. The molecule has 6 nitrogen and oxygen atoms in total. The summed E-state index contributed by atoms with van der Waals surface area (Å²) in [5, 5.41) is 1.65. The van der Waals surface area contributed by atoms with Crippen LogP contribution in [0.5, 0.6) is 5.75 Å². The Kier molecular flexibility index (Phi) is 9.45. The molecule has 1 heterocycles. The zero-order chi connectivity index (χ0) is 24.6. The van der Waals surface area contributed by atoms with Gasteiger partial charge in [-0.3, -0.25) is 0 Å². The van der Waals surface area contributed by atoms with E-state index in [-0.39, 0.29) is 12.0 Å². The van der Waals surface area contributed by atoms with Crippen molar-refractivity contribution in [3.05, 3.63) is 72.3 Å². The lowest BCUT2D eigenvalue weighted by Gasteiger charge is -2.37.